The van der Waals surface area contributed by atoms with Crippen LogP contribution in [-0.4, -0.2) is 18.5 Å². The average molecular weight is 382 g/mol. The van der Waals surface area contributed by atoms with Crippen LogP contribution in [0.1, 0.15) is 6.92 Å². The predicted molar refractivity (Wildman–Crippen MR) is 114 cm³/mol. The number of hydrogen-bond donors (Lipinski definition) is 0. The van der Waals surface area contributed by atoms with Gasteiger partial charge in [0.15, 0.2) is 0 Å². The van der Waals surface area contributed by atoms with E-state index in [4.69, 9.17) is 0 Å². The lowest BCUT2D eigenvalue weighted by atomic mass is 10.4. The molecule has 0 amide bonds. The molecule has 134 valence electrons. The molecule has 0 aliphatic heterocycles. The second kappa shape index (κ2) is 8.21. The lowest BCUT2D eigenvalue weighted by molar-refractivity contribution is 0.578. The zero-order chi connectivity index (χ0) is 18.5. The van der Waals surface area contributed by atoms with Crippen molar-refractivity contribution in [2.45, 2.75) is 6.92 Å². The van der Waals surface area contributed by atoms with E-state index in [0.29, 0.717) is 18.5 Å². The summed E-state index contributed by atoms with van der Waals surface area (Å²) in [5.74, 6) is 0. The molecular weight excluding hydrogens is 358 g/mol. The van der Waals surface area contributed by atoms with Gasteiger partial charge in [0.05, 0.1) is 0 Å². The van der Waals surface area contributed by atoms with Crippen molar-refractivity contribution in [1.29, 1.82) is 0 Å². The Morgan fingerprint density at radius 3 is 1.35 bits per heavy atom. The SMILES string of the molecule is CCP(=O)(CCP(=O)(c1ccccc1)c1ccccc1)c1ccccc1. The predicted octanol–water partition coefficient (Wildman–Crippen LogP) is 4.71. The highest BCUT2D eigenvalue weighted by molar-refractivity contribution is 7.80. The second-order valence-corrected chi connectivity index (χ2v) is 12.7. The first-order valence-electron chi connectivity index (χ1n) is 8.92. The zero-order valence-corrected chi connectivity index (χ0v) is 16.8. The van der Waals surface area contributed by atoms with Crippen molar-refractivity contribution in [2.75, 3.05) is 18.5 Å². The van der Waals surface area contributed by atoms with Gasteiger partial charge in [-0.2, -0.15) is 0 Å². The first kappa shape index (κ1) is 18.9. The minimum Gasteiger partial charge on any atom is -0.319 e. The zero-order valence-electron chi connectivity index (χ0n) is 15.0. The van der Waals surface area contributed by atoms with Crippen LogP contribution in [0.5, 0.6) is 0 Å². The van der Waals surface area contributed by atoms with Gasteiger partial charge in [-0.15, -0.1) is 0 Å². The molecule has 1 atom stereocenters. The van der Waals surface area contributed by atoms with E-state index in [-0.39, 0.29) is 0 Å². The maximum absolute atomic E-state index is 14.1. The minimum absolute atomic E-state index is 0.418. The van der Waals surface area contributed by atoms with Crippen LogP contribution in [0.25, 0.3) is 0 Å². The smallest absolute Gasteiger partial charge is 0.143 e. The largest absolute Gasteiger partial charge is 0.319 e. The molecule has 1 unspecified atom stereocenters. The van der Waals surface area contributed by atoms with Gasteiger partial charge in [-0.25, -0.2) is 0 Å². The fourth-order valence-corrected chi connectivity index (χ4v) is 9.41. The summed E-state index contributed by atoms with van der Waals surface area (Å²) in [7, 11) is -5.39. The van der Waals surface area contributed by atoms with E-state index in [0.717, 1.165) is 15.9 Å². The van der Waals surface area contributed by atoms with E-state index in [1.165, 1.54) is 0 Å². The van der Waals surface area contributed by atoms with Crippen molar-refractivity contribution in [1.82, 2.24) is 0 Å². The molecule has 0 N–H and O–H groups in total. The fourth-order valence-electron chi connectivity index (χ4n) is 3.22. The number of benzene rings is 3. The van der Waals surface area contributed by atoms with E-state index >= 15 is 0 Å². The Morgan fingerprint density at radius 2 is 0.962 bits per heavy atom. The highest BCUT2D eigenvalue weighted by Gasteiger charge is 2.31. The van der Waals surface area contributed by atoms with Crippen molar-refractivity contribution in [3.8, 4) is 0 Å². The molecule has 0 bridgehead atoms. The van der Waals surface area contributed by atoms with Gasteiger partial charge in [-0.1, -0.05) is 97.9 Å². The van der Waals surface area contributed by atoms with Gasteiger partial charge in [0.25, 0.3) is 0 Å². The summed E-state index contributed by atoms with van der Waals surface area (Å²) in [6, 6.07) is 28.9. The van der Waals surface area contributed by atoms with Gasteiger partial charge in [-0.05, 0) is 0 Å². The molecule has 0 aliphatic rings. The van der Waals surface area contributed by atoms with Gasteiger partial charge >= 0.3 is 0 Å². The summed E-state index contributed by atoms with van der Waals surface area (Å²) in [6.07, 6.45) is 1.45. The Morgan fingerprint density at radius 1 is 0.577 bits per heavy atom. The third-order valence-corrected chi connectivity index (χ3v) is 11.5. The van der Waals surface area contributed by atoms with Gasteiger partial charge in [0, 0.05) is 34.4 Å². The fraction of sp³-hybridized carbons (Fsp3) is 0.182. The molecule has 0 heterocycles. The third-order valence-electron chi connectivity index (χ3n) is 4.86. The summed E-state index contributed by atoms with van der Waals surface area (Å²) in [6.45, 7) is 1.96. The van der Waals surface area contributed by atoms with Gasteiger partial charge in [0.2, 0.25) is 0 Å². The van der Waals surface area contributed by atoms with E-state index in [9.17, 15) is 9.13 Å². The molecule has 3 aromatic carbocycles. The quantitative estimate of drug-likeness (QED) is 0.555. The molecule has 0 spiro atoms. The third kappa shape index (κ3) is 3.93. The molecular formula is C22H24O2P2. The van der Waals surface area contributed by atoms with Crippen LogP contribution in [-0.2, 0) is 9.13 Å². The summed E-state index contributed by atoms with van der Waals surface area (Å²) < 4.78 is 27.7. The van der Waals surface area contributed by atoms with E-state index in [2.05, 4.69) is 0 Å². The topological polar surface area (TPSA) is 34.1 Å². The molecule has 0 saturated carbocycles. The molecule has 0 saturated heterocycles. The van der Waals surface area contributed by atoms with E-state index in [1.54, 1.807) is 0 Å². The number of rotatable bonds is 7. The lowest BCUT2D eigenvalue weighted by Crippen LogP contribution is -2.21. The highest BCUT2D eigenvalue weighted by Crippen LogP contribution is 2.51. The second-order valence-electron chi connectivity index (χ2n) is 6.40. The van der Waals surface area contributed by atoms with E-state index in [1.807, 2.05) is 97.9 Å². The van der Waals surface area contributed by atoms with Crippen molar-refractivity contribution < 1.29 is 9.13 Å². The van der Waals surface area contributed by atoms with Crippen LogP contribution in [0.15, 0.2) is 91.0 Å². The van der Waals surface area contributed by atoms with Crippen molar-refractivity contribution in [3.05, 3.63) is 91.0 Å². The van der Waals surface area contributed by atoms with E-state index < -0.39 is 14.3 Å². The van der Waals surface area contributed by atoms with Crippen molar-refractivity contribution in [2.24, 2.45) is 0 Å². The monoisotopic (exact) mass is 382 g/mol. The summed E-state index contributed by atoms with van der Waals surface area (Å²) in [5, 5.41) is 2.55. The molecule has 0 fully saturated rings. The van der Waals surface area contributed by atoms with Crippen LogP contribution in [0, 0.1) is 0 Å². The first-order valence-corrected chi connectivity index (χ1v) is 12.9. The first-order chi connectivity index (χ1) is 12.6. The molecule has 0 aromatic heterocycles. The summed E-state index contributed by atoms with van der Waals surface area (Å²) in [4.78, 5) is 0. The Hall–Kier alpha value is -1.88. The Labute approximate surface area is 156 Å². The van der Waals surface area contributed by atoms with Crippen LogP contribution >= 0.6 is 14.3 Å². The van der Waals surface area contributed by atoms with Gasteiger partial charge < -0.3 is 9.13 Å². The van der Waals surface area contributed by atoms with Gasteiger partial charge in [-0.3, -0.25) is 0 Å². The highest BCUT2D eigenvalue weighted by atomic mass is 31.2. The molecule has 3 aromatic rings. The molecule has 4 heteroatoms. The Kier molecular flexibility index (Phi) is 5.97. The van der Waals surface area contributed by atoms with Gasteiger partial charge in [0.1, 0.15) is 14.3 Å². The van der Waals surface area contributed by atoms with Crippen molar-refractivity contribution in [3.63, 3.8) is 0 Å². The van der Waals surface area contributed by atoms with Crippen LogP contribution in [0.4, 0.5) is 0 Å². The average Bonchev–Trinajstić information content (AvgIpc) is 2.73. The van der Waals surface area contributed by atoms with Crippen LogP contribution < -0.4 is 15.9 Å². The van der Waals surface area contributed by atoms with Crippen LogP contribution in [0.3, 0.4) is 0 Å². The summed E-state index contributed by atoms with van der Waals surface area (Å²) >= 11 is 0. The number of hydrogen-bond acceptors (Lipinski definition) is 2. The molecule has 0 aliphatic carbocycles. The van der Waals surface area contributed by atoms with Crippen molar-refractivity contribution >= 4 is 30.2 Å². The maximum atomic E-state index is 14.1. The Bertz CT molecular complexity index is 879. The lowest BCUT2D eigenvalue weighted by Gasteiger charge is -2.23. The minimum atomic E-state index is -2.83. The summed E-state index contributed by atoms with van der Waals surface area (Å²) in [5.41, 5.74) is 0. The molecule has 2 nitrogen and oxygen atoms in total. The molecule has 0 radical (unpaired) electrons. The molecule has 26 heavy (non-hydrogen) atoms. The molecule has 3 rings (SSSR count). The maximum Gasteiger partial charge on any atom is 0.143 e. The normalized spacial score (nSPS) is 13.9. The standard InChI is InChI=1S/C22H24O2P2/c1-2-25(23,20-12-6-3-7-13-20)18-19-26(24,21-14-8-4-9-15-21)22-16-10-5-11-17-22/h3-17H,2,18-19H2,1H3. The van der Waals surface area contributed by atoms with Crippen LogP contribution in [0.2, 0.25) is 0 Å². The Balaban J connectivity index is 1.97.